The van der Waals surface area contributed by atoms with E-state index in [2.05, 4.69) is 5.43 Å². The van der Waals surface area contributed by atoms with Gasteiger partial charge in [-0.2, -0.15) is 0 Å². The Labute approximate surface area is 134 Å². The van der Waals surface area contributed by atoms with Crippen molar-refractivity contribution in [1.82, 2.24) is 10.3 Å². The summed E-state index contributed by atoms with van der Waals surface area (Å²) in [5.74, 6) is -0.756. The molecule has 3 N–H and O–H groups in total. The van der Waals surface area contributed by atoms with Gasteiger partial charge in [0, 0.05) is 11.0 Å². The fraction of sp³-hybridized carbons (Fsp3) is 0.0625. The summed E-state index contributed by atoms with van der Waals surface area (Å²) in [4.78, 5) is 13.7. The summed E-state index contributed by atoms with van der Waals surface area (Å²) in [6.45, 7) is 1.93. The van der Waals surface area contributed by atoms with Crippen molar-refractivity contribution in [3.8, 4) is 5.75 Å². The number of nitrogens with one attached hydrogen (secondary N) is 2. The first-order valence-electron chi connectivity index (χ1n) is 6.72. The van der Waals surface area contributed by atoms with Gasteiger partial charge >= 0.3 is 0 Å². The van der Waals surface area contributed by atoms with Crippen LogP contribution in [0.25, 0.3) is 6.08 Å². The van der Waals surface area contributed by atoms with E-state index in [-0.39, 0.29) is 11.3 Å². The van der Waals surface area contributed by atoms with Crippen LogP contribution in [0.1, 0.15) is 21.5 Å². The molecule has 6 nitrogen and oxygen atoms in total. The topological polar surface area (TPSA) is 95.5 Å². The van der Waals surface area contributed by atoms with Crippen LogP contribution in [-0.2, 0) is 10.0 Å². The summed E-state index contributed by atoms with van der Waals surface area (Å²) in [5.41, 5.74) is 4.00. The predicted octanol–water partition coefficient (Wildman–Crippen LogP) is 1.94. The van der Waals surface area contributed by atoms with Gasteiger partial charge in [0.25, 0.3) is 15.9 Å². The van der Waals surface area contributed by atoms with Crippen LogP contribution in [0, 0.1) is 6.92 Å². The molecule has 120 valence electrons. The zero-order chi connectivity index (χ0) is 16.9. The van der Waals surface area contributed by atoms with E-state index < -0.39 is 15.9 Å². The molecule has 0 saturated carbocycles. The third-order valence-electron chi connectivity index (χ3n) is 2.93. The Balaban J connectivity index is 1.98. The molecular weight excluding hydrogens is 316 g/mol. The van der Waals surface area contributed by atoms with E-state index in [0.717, 1.165) is 16.5 Å². The number of carbonyl (C=O) groups is 1. The summed E-state index contributed by atoms with van der Waals surface area (Å²) in [7, 11) is -3.83. The Morgan fingerprint density at radius 2 is 1.83 bits per heavy atom. The van der Waals surface area contributed by atoms with Crippen LogP contribution >= 0.6 is 0 Å². The van der Waals surface area contributed by atoms with Crippen molar-refractivity contribution in [1.29, 1.82) is 0 Å². The zero-order valence-corrected chi connectivity index (χ0v) is 13.2. The van der Waals surface area contributed by atoms with Gasteiger partial charge in [0.1, 0.15) is 5.75 Å². The molecule has 2 aromatic carbocycles. The van der Waals surface area contributed by atoms with Gasteiger partial charge in [-0.05, 0) is 36.8 Å². The Morgan fingerprint density at radius 3 is 2.48 bits per heavy atom. The molecule has 7 heteroatoms. The predicted molar refractivity (Wildman–Crippen MR) is 87.8 cm³/mol. The molecule has 0 unspecified atom stereocenters. The average molecular weight is 332 g/mol. The maximum Gasteiger partial charge on any atom is 0.266 e. The first kappa shape index (κ1) is 16.7. The molecule has 2 aromatic rings. The zero-order valence-electron chi connectivity index (χ0n) is 12.4. The fourth-order valence-electron chi connectivity index (χ4n) is 1.72. The standard InChI is InChI=1S/C16H16N2O4S/c1-12-5-7-13(8-6-12)9-10-23(21,22)18-17-16(20)14-3-2-4-15(19)11-14/h2-11,18-19H,1H3,(H,17,20). The van der Waals surface area contributed by atoms with E-state index in [9.17, 15) is 18.3 Å². The first-order chi connectivity index (χ1) is 10.9. The number of hydrazine groups is 1. The van der Waals surface area contributed by atoms with Crippen LogP contribution in [-0.4, -0.2) is 19.4 Å². The molecule has 0 fully saturated rings. The van der Waals surface area contributed by atoms with Crippen LogP contribution in [0.4, 0.5) is 0 Å². The van der Waals surface area contributed by atoms with E-state index in [4.69, 9.17) is 0 Å². The van der Waals surface area contributed by atoms with Gasteiger partial charge in [0.05, 0.1) is 0 Å². The number of phenolic OH excluding ortho intramolecular Hbond substituents is 1. The van der Waals surface area contributed by atoms with Crippen molar-refractivity contribution in [2.45, 2.75) is 6.92 Å². The highest BCUT2D eigenvalue weighted by Gasteiger charge is 2.10. The lowest BCUT2D eigenvalue weighted by atomic mass is 10.2. The van der Waals surface area contributed by atoms with Gasteiger partial charge < -0.3 is 5.11 Å². The van der Waals surface area contributed by atoms with Gasteiger partial charge in [0.15, 0.2) is 0 Å². The van der Waals surface area contributed by atoms with E-state index in [1.165, 1.54) is 30.3 Å². The quantitative estimate of drug-likeness (QED) is 0.729. The van der Waals surface area contributed by atoms with Crippen molar-refractivity contribution >= 4 is 22.0 Å². The number of hydrogen-bond acceptors (Lipinski definition) is 4. The van der Waals surface area contributed by atoms with Crippen LogP contribution in [0.5, 0.6) is 5.75 Å². The Bertz CT molecular complexity index is 827. The largest absolute Gasteiger partial charge is 0.508 e. The molecular formula is C16H16N2O4S. The van der Waals surface area contributed by atoms with Gasteiger partial charge in [-0.1, -0.05) is 35.9 Å². The molecule has 0 spiro atoms. The molecule has 0 aromatic heterocycles. The van der Waals surface area contributed by atoms with Crippen molar-refractivity contribution in [2.75, 3.05) is 0 Å². The number of aryl methyl sites for hydroxylation is 1. The summed E-state index contributed by atoms with van der Waals surface area (Å²) < 4.78 is 23.6. The number of amides is 1. The highest BCUT2D eigenvalue weighted by atomic mass is 32.2. The summed E-state index contributed by atoms with van der Waals surface area (Å²) >= 11 is 0. The summed E-state index contributed by atoms with van der Waals surface area (Å²) in [6.07, 6.45) is 1.42. The van der Waals surface area contributed by atoms with Gasteiger partial charge in [0.2, 0.25) is 0 Å². The molecule has 1 amide bonds. The average Bonchev–Trinajstić information content (AvgIpc) is 2.52. The lowest BCUT2D eigenvalue weighted by molar-refractivity contribution is 0.0945. The van der Waals surface area contributed by atoms with Crippen LogP contribution in [0.15, 0.2) is 53.9 Å². The van der Waals surface area contributed by atoms with E-state index in [1.54, 1.807) is 12.1 Å². The second-order valence-corrected chi connectivity index (χ2v) is 6.43. The summed E-state index contributed by atoms with van der Waals surface area (Å²) in [6, 6.07) is 12.9. The Morgan fingerprint density at radius 1 is 1.13 bits per heavy atom. The fourth-order valence-corrected chi connectivity index (χ4v) is 2.36. The molecule has 0 bridgehead atoms. The molecule has 0 aliphatic rings. The van der Waals surface area contributed by atoms with E-state index >= 15 is 0 Å². The maximum atomic E-state index is 11.8. The number of rotatable bonds is 5. The van der Waals surface area contributed by atoms with Gasteiger partial charge in [-0.15, -0.1) is 4.83 Å². The molecule has 2 rings (SSSR count). The molecule has 23 heavy (non-hydrogen) atoms. The lowest BCUT2D eigenvalue weighted by Crippen LogP contribution is -2.40. The normalized spacial score (nSPS) is 11.5. The minimum Gasteiger partial charge on any atom is -0.508 e. The van der Waals surface area contributed by atoms with Crippen LogP contribution < -0.4 is 10.3 Å². The highest BCUT2D eigenvalue weighted by molar-refractivity contribution is 7.92. The monoisotopic (exact) mass is 332 g/mol. The van der Waals surface area contributed by atoms with E-state index in [1.807, 2.05) is 23.9 Å². The molecule has 0 aliphatic heterocycles. The molecule has 0 radical (unpaired) electrons. The molecule has 0 heterocycles. The van der Waals surface area contributed by atoms with Crippen molar-refractivity contribution in [3.05, 3.63) is 70.6 Å². The molecule has 0 atom stereocenters. The van der Waals surface area contributed by atoms with Gasteiger partial charge in [-0.3, -0.25) is 10.2 Å². The number of sulfonamides is 1. The smallest absolute Gasteiger partial charge is 0.266 e. The minimum atomic E-state index is -3.83. The second-order valence-electron chi connectivity index (χ2n) is 4.86. The highest BCUT2D eigenvalue weighted by Crippen LogP contribution is 2.10. The van der Waals surface area contributed by atoms with Crippen molar-refractivity contribution in [2.24, 2.45) is 0 Å². The summed E-state index contributed by atoms with van der Waals surface area (Å²) in [5, 5.41) is 10.2. The van der Waals surface area contributed by atoms with Gasteiger partial charge in [-0.25, -0.2) is 8.42 Å². The number of phenols is 1. The first-order valence-corrected chi connectivity index (χ1v) is 8.26. The Kier molecular flexibility index (Phi) is 5.15. The number of aromatic hydroxyl groups is 1. The number of carbonyl (C=O) groups excluding carboxylic acids is 1. The number of benzene rings is 2. The van der Waals surface area contributed by atoms with Crippen molar-refractivity contribution in [3.63, 3.8) is 0 Å². The second kappa shape index (κ2) is 7.08. The maximum absolute atomic E-state index is 11.8. The lowest BCUT2D eigenvalue weighted by Gasteiger charge is -2.06. The van der Waals surface area contributed by atoms with Crippen molar-refractivity contribution < 1.29 is 18.3 Å². The third kappa shape index (κ3) is 5.24. The third-order valence-corrected chi connectivity index (χ3v) is 3.81. The van der Waals surface area contributed by atoms with Crippen LogP contribution in [0.2, 0.25) is 0 Å². The number of hydrogen-bond donors (Lipinski definition) is 3. The molecule has 0 saturated heterocycles. The molecule has 0 aliphatic carbocycles. The Hall–Kier alpha value is -2.64. The van der Waals surface area contributed by atoms with E-state index in [0.29, 0.717) is 0 Å². The minimum absolute atomic E-state index is 0.0835. The van der Waals surface area contributed by atoms with Crippen LogP contribution in [0.3, 0.4) is 0 Å². The SMILES string of the molecule is Cc1ccc(C=CS(=O)(=O)NNC(=O)c2cccc(O)c2)cc1.